The number of nitrogens with zero attached hydrogens (tertiary/aromatic N) is 2. The van der Waals surface area contributed by atoms with Crippen molar-refractivity contribution >= 4 is 39.2 Å². The number of fused-ring (bicyclic) bond motifs is 1. The SMILES string of the molecule is CC1COc2c(C#N)cccc2C(=O)N(CC(CCOS(C)(=O)=O)c2ccc(Cl)c(Cl)c2)C1. The van der Waals surface area contributed by atoms with Gasteiger partial charge < -0.3 is 9.64 Å². The van der Waals surface area contributed by atoms with E-state index in [4.69, 9.17) is 32.1 Å². The number of hydrogen-bond acceptors (Lipinski definition) is 6. The van der Waals surface area contributed by atoms with Crippen LogP contribution in [0.25, 0.3) is 0 Å². The molecular weight excluding hydrogens is 487 g/mol. The van der Waals surface area contributed by atoms with Crippen LogP contribution in [0.2, 0.25) is 10.0 Å². The summed E-state index contributed by atoms with van der Waals surface area (Å²) in [5.74, 6) is -0.230. The van der Waals surface area contributed by atoms with Crippen molar-refractivity contribution in [3.05, 3.63) is 63.1 Å². The van der Waals surface area contributed by atoms with E-state index in [9.17, 15) is 18.5 Å². The average Bonchev–Trinajstić information content (AvgIpc) is 2.76. The Hall–Kier alpha value is -2.31. The Bertz CT molecular complexity index is 1180. The molecule has 176 valence electrons. The van der Waals surface area contributed by atoms with Gasteiger partial charge in [-0.2, -0.15) is 13.7 Å². The van der Waals surface area contributed by atoms with Gasteiger partial charge in [0.1, 0.15) is 11.8 Å². The maximum atomic E-state index is 13.5. The fourth-order valence-electron chi connectivity index (χ4n) is 3.75. The van der Waals surface area contributed by atoms with Crippen molar-refractivity contribution in [1.82, 2.24) is 4.90 Å². The van der Waals surface area contributed by atoms with Gasteiger partial charge in [0, 0.05) is 24.9 Å². The maximum Gasteiger partial charge on any atom is 0.264 e. The minimum Gasteiger partial charge on any atom is -0.491 e. The van der Waals surface area contributed by atoms with Gasteiger partial charge in [-0.3, -0.25) is 8.98 Å². The summed E-state index contributed by atoms with van der Waals surface area (Å²) in [6.45, 7) is 3.00. The van der Waals surface area contributed by atoms with Crippen LogP contribution in [0.1, 0.15) is 40.7 Å². The summed E-state index contributed by atoms with van der Waals surface area (Å²) >= 11 is 12.3. The fourth-order valence-corrected chi connectivity index (χ4v) is 4.46. The highest BCUT2D eigenvalue weighted by Gasteiger charge is 2.29. The van der Waals surface area contributed by atoms with Gasteiger partial charge in [0.2, 0.25) is 0 Å². The van der Waals surface area contributed by atoms with Gasteiger partial charge in [0.05, 0.1) is 40.6 Å². The highest BCUT2D eigenvalue weighted by Crippen LogP contribution is 2.32. The van der Waals surface area contributed by atoms with E-state index in [1.807, 2.05) is 13.0 Å². The number of ether oxygens (including phenoxy) is 1. The third kappa shape index (κ3) is 6.61. The number of amides is 1. The van der Waals surface area contributed by atoms with Gasteiger partial charge in [0.15, 0.2) is 0 Å². The van der Waals surface area contributed by atoms with Crippen LogP contribution in [0.3, 0.4) is 0 Å². The van der Waals surface area contributed by atoms with E-state index in [2.05, 4.69) is 6.07 Å². The van der Waals surface area contributed by atoms with Gasteiger partial charge >= 0.3 is 0 Å². The largest absolute Gasteiger partial charge is 0.491 e. The Morgan fingerprint density at radius 1 is 1.27 bits per heavy atom. The minimum absolute atomic E-state index is 0.00979. The monoisotopic (exact) mass is 510 g/mol. The van der Waals surface area contributed by atoms with Crippen LogP contribution in [0.4, 0.5) is 0 Å². The zero-order chi connectivity index (χ0) is 24.2. The molecule has 2 atom stereocenters. The molecule has 0 saturated heterocycles. The molecule has 7 nitrogen and oxygen atoms in total. The van der Waals surface area contributed by atoms with Crippen molar-refractivity contribution in [1.29, 1.82) is 5.26 Å². The third-order valence-electron chi connectivity index (χ3n) is 5.32. The second-order valence-corrected chi connectivity index (χ2v) is 10.6. The summed E-state index contributed by atoms with van der Waals surface area (Å²) in [4.78, 5) is 15.2. The molecule has 0 fully saturated rings. The van der Waals surface area contributed by atoms with E-state index in [1.165, 1.54) is 0 Å². The normalized spacial score (nSPS) is 17.4. The van der Waals surface area contributed by atoms with Gasteiger partial charge in [0.25, 0.3) is 16.0 Å². The molecule has 0 radical (unpaired) electrons. The quantitative estimate of drug-likeness (QED) is 0.509. The molecule has 2 aromatic rings. The summed E-state index contributed by atoms with van der Waals surface area (Å²) in [6, 6.07) is 12.2. The maximum absolute atomic E-state index is 13.5. The van der Waals surface area contributed by atoms with Crippen LogP contribution in [0, 0.1) is 17.2 Å². The third-order valence-corrected chi connectivity index (χ3v) is 6.65. The predicted octanol–water partition coefficient (Wildman–Crippen LogP) is 4.49. The van der Waals surface area contributed by atoms with Crippen molar-refractivity contribution in [2.45, 2.75) is 19.3 Å². The van der Waals surface area contributed by atoms with Crippen LogP contribution in [0.5, 0.6) is 5.75 Å². The number of para-hydroxylation sites is 1. The molecule has 0 N–H and O–H groups in total. The molecule has 0 bridgehead atoms. The Morgan fingerprint density at radius 3 is 2.70 bits per heavy atom. The molecule has 0 saturated carbocycles. The molecule has 2 aromatic carbocycles. The first-order valence-corrected chi connectivity index (χ1v) is 12.9. The number of rotatable bonds is 7. The van der Waals surface area contributed by atoms with Crippen LogP contribution >= 0.6 is 23.2 Å². The minimum atomic E-state index is -3.60. The van der Waals surface area contributed by atoms with Gasteiger partial charge in [-0.05, 0) is 36.2 Å². The van der Waals surface area contributed by atoms with Crippen molar-refractivity contribution in [3.8, 4) is 11.8 Å². The highest BCUT2D eigenvalue weighted by molar-refractivity contribution is 7.85. The van der Waals surface area contributed by atoms with E-state index < -0.39 is 10.1 Å². The van der Waals surface area contributed by atoms with Crippen molar-refractivity contribution in [2.75, 3.05) is 32.6 Å². The van der Waals surface area contributed by atoms with Crippen molar-refractivity contribution in [3.63, 3.8) is 0 Å². The molecule has 1 aliphatic rings. The second-order valence-electron chi connectivity index (χ2n) is 8.11. The van der Waals surface area contributed by atoms with Crippen LogP contribution in [0.15, 0.2) is 36.4 Å². The number of benzene rings is 2. The van der Waals surface area contributed by atoms with E-state index in [-0.39, 0.29) is 30.1 Å². The van der Waals surface area contributed by atoms with E-state index >= 15 is 0 Å². The first-order valence-electron chi connectivity index (χ1n) is 10.3. The molecule has 1 aliphatic heterocycles. The molecule has 3 rings (SSSR count). The molecule has 1 heterocycles. The fraction of sp³-hybridized carbons (Fsp3) is 0.391. The smallest absolute Gasteiger partial charge is 0.264 e. The predicted molar refractivity (Wildman–Crippen MR) is 126 cm³/mol. The van der Waals surface area contributed by atoms with Gasteiger partial charge in [-0.25, -0.2) is 0 Å². The second kappa shape index (κ2) is 10.7. The van der Waals surface area contributed by atoms with Crippen molar-refractivity contribution < 1.29 is 22.1 Å². The van der Waals surface area contributed by atoms with Gasteiger partial charge in [-0.1, -0.05) is 42.3 Å². The number of carbonyl (C=O) groups is 1. The summed E-state index contributed by atoms with van der Waals surface area (Å²) in [7, 11) is -3.60. The molecule has 2 unspecified atom stereocenters. The Morgan fingerprint density at radius 2 is 2.03 bits per heavy atom. The van der Waals surface area contributed by atoms with E-state index in [1.54, 1.807) is 35.2 Å². The summed E-state index contributed by atoms with van der Waals surface area (Å²) in [5, 5.41) is 10.2. The Kier molecular flexibility index (Phi) is 8.24. The van der Waals surface area contributed by atoms with E-state index in [0.29, 0.717) is 47.3 Å². The standard InChI is InChI=1S/C23H24Cl2N2O5S/c1-15-12-27(23(28)19-5-3-4-17(11-26)22(19)31-14-15)13-18(8-9-32-33(2,29)30)16-6-7-20(24)21(25)10-16/h3-7,10,15,18H,8-9,12-14H2,1-2H3. The first-order chi connectivity index (χ1) is 15.6. The molecule has 0 spiro atoms. The van der Waals surface area contributed by atoms with Crippen LogP contribution in [-0.2, 0) is 14.3 Å². The lowest BCUT2D eigenvalue weighted by Gasteiger charge is -2.33. The van der Waals surface area contributed by atoms with Crippen LogP contribution in [-0.4, -0.2) is 51.8 Å². The van der Waals surface area contributed by atoms with Crippen molar-refractivity contribution in [2.24, 2.45) is 5.92 Å². The number of hydrogen-bond donors (Lipinski definition) is 0. The molecule has 10 heteroatoms. The molecule has 1 amide bonds. The Labute approximate surface area is 203 Å². The number of halogens is 2. The summed E-state index contributed by atoms with van der Waals surface area (Å²) in [6.07, 6.45) is 1.33. The molecule has 0 aromatic heterocycles. The van der Waals surface area contributed by atoms with E-state index in [0.717, 1.165) is 11.8 Å². The molecule has 0 aliphatic carbocycles. The lowest BCUT2D eigenvalue weighted by Crippen LogP contribution is -2.41. The topological polar surface area (TPSA) is 96.7 Å². The Balaban J connectivity index is 1.94. The number of carbonyl (C=O) groups excluding carboxylic acids is 1. The highest BCUT2D eigenvalue weighted by atomic mass is 35.5. The molecular formula is C23H24Cl2N2O5S. The average molecular weight is 511 g/mol. The summed E-state index contributed by atoms with van der Waals surface area (Å²) in [5.41, 5.74) is 1.44. The number of nitriles is 1. The zero-order valence-corrected chi connectivity index (χ0v) is 20.6. The first kappa shape index (κ1) is 25.3. The lowest BCUT2D eigenvalue weighted by atomic mass is 9.94. The summed E-state index contributed by atoms with van der Waals surface area (Å²) < 4.78 is 33.7. The van der Waals surface area contributed by atoms with Gasteiger partial charge in [-0.15, -0.1) is 0 Å². The zero-order valence-electron chi connectivity index (χ0n) is 18.3. The molecule has 33 heavy (non-hydrogen) atoms. The lowest BCUT2D eigenvalue weighted by molar-refractivity contribution is 0.0664. The van der Waals surface area contributed by atoms with Crippen LogP contribution < -0.4 is 4.74 Å².